The highest BCUT2D eigenvalue weighted by Crippen LogP contribution is 2.28. The second-order valence-corrected chi connectivity index (χ2v) is 8.25. The molecule has 1 aliphatic heterocycles. The molecule has 9 heteroatoms. The van der Waals surface area contributed by atoms with Crippen molar-refractivity contribution in [2.24, 2.45) is 5.92 Å². The maximum absolute atomic E-state index is 12.8. The van der Waals surface area contributed by atoms with Crippen LogP contribution in [0.3, 0.4) is 0 Å². The number of carboxylic acid groups (broad SMARTS) is 1. The number of furan rings is 1. The summed E-state index contributed by atoms with van der Waals surface area (Å²) in [6.45, 7) is 4.83. The molecule has 2 rings (SSSR count). The number of amides is 1. The van der Waals surface area contributed by atoms with Gasteiger partial charge in [-0.15, -0.1) is 0 Å². The summed E-state index contributed by atoms with van der Waals surface area (Å²) in [5, 5.41) is 8.44. The van der Waals surface area contributed by atoms with Gasteiger partial charge < -0.3 is 14.4 Å². The molecule has 0 radical (unpaired) electrons. The number of hydrogen-bond donors (Lipinski definition) is 1. The summed E-state index contributed by atoms with van der Waals surface area (Å²) in [6.07, 6.45) is 1.93. The molecular formula is C16H24N2O6S. The Morgan fingerprint density at radius 2 is 2.12 bits per heavy atom. The van der Waals surface area contributed by atoms with Crippen molar-refractivity contribution in [1.82, 2.24) is 9.21 Å². The summed E-state index contributed by atoms with van der Waals surface area (Å²) in [4.78, 5) is 25.2. The minimum Gasteiger partial charge on any atom is -0.475 e. The Morgan fingerprint density at radius 3 is 2.68 bits per heavy atom. The minimum atomic E-state index is -4.06. The maximum atomic E-state index is 12.8. The third-order valence-corrected chi connectivity index (χ3v) is 6.28. The van der Waals surface area contributed by atoms with Gasteiger partial charge >= 0.3 is 5.97 Å². The van der Waals surface area contributed by atoms with Crippen LogP contribution in [0.2, 0.25) is 0 Å². The van der Waals surface area contributed by atoms with Crippen LogP contribution in [0.4, 0.5) is 0 Å². The third-order valence-electron chi connectivity index (χ3n) is 4.50. The molecule has 1 aromatic heterocycles. The van der Waals surface area contributed by atoms with Crippen LogP contribution >= 0.6 is 0 Å². The van der Waals surface area contributed by atoms with Crippen LogP contribution < -0.4 is 0 Å². The number of aromatic carboxylic acids is 1. The van der Waals surface area contributed by atoms with E-state index in [9.17, 15) is 18.0 Å². The van der Waals surface area contributed by atoms with E-state index in [2.05, 4.69) is 0 Å². The minimum absolute atomic E-state index is 0.207. The lowest BCUT2D eigenvalue weighted by Crippen LogP contribution is -2.47. The van der Waals surface area contributed by atoms with Gasteiger partial charge in [0, 0.05) is 20.1 Å². The normalized spacial score (nSPS) is 19.7. The van der Waals surface area contributed by atoms with Gasteiger partial charge in [0.15, 0.2) is 0 Å². The molecule has 2 atom stereocenters. The van der Waals surface area contributed by atoms with Gasteiger partial charge in [-0.05, 0) is 30.9 Å². The monoisotopic (exact) mass is 372 g/mol. The van der Waals surface area contributed by atoms with Crippen molar-refractivity contribution in [3.63, 3.8) is 0 Å². The Kier molecular flexibility index (Phi) is 5.89. The number of nitrogens with zero attached hydrogens (tertiary/aromatic N) is 2. The fraction of sp³-hybridized carbons (Fsp3) is 0.625. The van der Waals surface area contributed by atoms with Gasteiger partial charge in [0.25, 0.3) is 10.0 Å². The van der Waals surface area contributed by atoms with Crippen LogP contribution in [0.15, 0.2) is 21.6 Å². The maximum Gasteiger partial charge on any atom is 0.371 e. The fourth-order valence-electron chi connectivity index (χ4n) is 2.90. The highest BCUT2D eigenvalue weighted by Gasteiger charge is 2.42. The van der Waals surface area contributed by atoms with Crippen molar-refractivity contribution in [3.8, 4) is 0 Å². The molecule has 0 aromatic carbocycles. The Morgan fingerprint density at radius 1 is 1.44 bits per heavy atom. The molecule has 1 fully saturated rings. The van der Waals surface area contributed by atoms with E-state index in [4.69, 9.17) is 9.52 Å². The van der Waals surface area contributed by atoms with Crippen molar-refractivity contribution in [2.75, 3.05) is 20.1 Å². The first-order chi connectivity index (χ1) is 11.7. The number of carboxylic acids is 1. The molecule has 0 saturated carbocycles. The smallest absolute Gasteiger partial charge is 0.371 e. The SMILES string of the molecule is CCC(C)CN(C)C(=O)C1CCCN1S(=O)(=O)c1ccc(C(=O)O)o1. The van der Waals surface area contributed by atoms with Gasteiger partial charge in [-0.25, -0.2) is 13.2 Å². The number of likely N-dealkylation sites (N-methyl/N-ethyl adjacent to an activating group) is 1. The van der Waals surface area contributed by atoms with E-state index in [0.29, 0.717) is 25.3 Å². The van der Waals surface area contributed by atoms with Crippen molar-refractivity contribution in [1.29, 1.82) is 0 Å². The van der Waals surface area contributed by atoms with E-state index >= 15 is 0 Å². The van der Waals surface area contributed by atoms with Crippen molar-refractivity contribution in [3.05, 3.63) is 17.9 Å². The van der Waals surface area contributed by atoms with Gasteiger partial charge in [-0.3, -0.25) is 4.79 Å². The van der Waals surface area contributed by atoms with E-state index in [1.165, 1.54) is 0 Å². The number of rotatable bonds is 7. The van der Waals surface area contributed by atoms with Crippen LogP contribution in [-0.4, -0.2) is 60.8 Å². The third kappa shape index (κ3) is 4.04. The number of hydrogen-bond acceptors (Lipinski definition) is 5. The molecule has 140 valence electrons. The van der Waals surface area contributed by atoms with Crippen LogP contribution in [0.5, 0.6) is 0 Å². The highest BCUT2D eigenvalue weighted by atomic mass is 32.2. The summed E-state index contributed by atoms with van der Waals surface area (Å²) in [7, 11) is -2.38. The summed E-state index contributed by atoms with van der Waals surface area (Å²) in [6, 6.07) is 1.43. The van der Waals surface area contributed by atoms with Crippen LogP contribution in [0, 0.1) is 5.92 Å². The summed E-state index contributed by atoms with van der Waals surface area (Å²) in [5.74, 6) is -1.71. The molecule has 1 saturated heterocycles. The van der Waals surface area contributed by atoms with Gasteiger partial charge in [-0.1, -0.05) is 20.3 Å². The predicted molar refractivity (Wildman–Crippen MR) is 89.7 cm³/mol. The van der Waals surface area contributed by atoms with Gasteiger partial charge in [0.2, 0.25) is 16.8 Å². The Bertz CT molecular complexity index is 742. The quantitative estimate of drug-likeness (QED) is 0.779. The van der Waals surface area contributed by atoms with E-state index in [1.54, 1.807) is 11.9 Å². The lowest BCUT2D eigenvalue weighted by atomic mass is 10.1. The average Bonchev–Trinajstić information content (AvgIpc) is 3.23. The van der Waals surface area contributed by atoms with Crippen LogP contribution in [-0.2, 0) is 14.8 Å². The fourth-order valence-corrected chi connectivity index (χ4v) is 4.47. The number of sulfonamides is 1. The largest absolute Gasteiger partial charge is 0.475 e. The molecule has 1 aromatic rings. The Balaban J connectivity index is 2.21. The first-order valence-corrected chi connectivity index (χ1v) is 9.72. The molecule has 0 bridgehead atoms. The topological polar surface area (TPSA) is 108 Å². The molecule has 2 unspecified atom stereocenters. The number of carbonyl (C=O) groups is 2. The lowest BCUT2D eigenvalue weighted by Gasteiger charge is -2.28. The van der Waals surface area contributed by atoms with E-state index in [1.807, 2.05) is 13.8 Å². The second-order valence-electron chi connectivity index (χ2n) is 6.43. The first-order valence-electron chi connectivity index (χ1n) is 8.28. The zero-order valence-corrected chi connectivity index (χ0v) is 15.5. The second kappa shape index (κ2) is 7.57. The van der Waals surface area contributed by atoms with Crippen LogP contribution in [0.25, 0.3) is 0 Å². The van der Waals surface area contributed by atoms with E-state index in [-0.39, 0.29) is 12.5 Å². The van der Waals surface area contributed by atoms with Crippen molar-refractivity contribution >= 4 is 21.9 Å². The standard InChI is InChI=1S/C16H24N2O6S/c1-4-11(2)10-17(3)15(19)12-6-5-9-18(12)25(22,23)14-8-7-13(24-14)16(20)21/h7-8,11-12H,4-6,9-10H2,1-3H3,(H,20,21). The molecule has 0 aliphatic carbocycles. The Hall–Kier alpha value is -1.87. The van der Waals surface area contributed by atoms with Crippen molar-refractivity contribution < 1.29 is 27.5 Å². The molecular weight excluding hydrogens is 348 g/mol. The molecule has 2 heterocycles. The predicted octanol–water partition coefficient (Wildman–Crippen LogP) is 1.64. The van der Waals surface area contributed by atoms with Crippen molar-refractivity contribution in [2.45, 2.75) is 44.2 Å². The summed E-state index contributed by atoms with van der Waals surface area (Å²) in [5.41, 5.74) is 0. The molecule has 1 amide bonds. The first kappa shape index (κ1) is 19.5. The summed E-state index contributed by atoms with van der Waals surface area (Å²) >= 11 is 0. The number of carbonyl (C=O) groups excluding carboxylic acids is 1. The molecule has 8 nitrogen and oxygen atoms in total. The van der Waals surface area contributed by atoms with Gasteiger partial charge in [0.1, 0.15) is 6.04 Å². The van der Waals surface area contributed by atoms with Crippen LogP contribution in [0.1, 0.15) is 43.7 Å². The zero-order chi connectivity index (χ0) is 18.8. The lowest BCUT2D eigenvalue weighted by molar-refractivity contribution is -0.133. The highest BCUT2D eigenvalue weighted by molar-refractivity contribution is 7.89. The molecule has 1 N–H and O–H groups in total. The van der Waals surface area contributed by atoms with Gasteiger partial charge in [-0.2, -0.15) is 4.31 Å². The average molecular weight is 372 g/mol. The molecule has 0 spiro atoms. The van der Waals surface area contributed by atoms with Gasteiger partial charge in [0.05, 0.1) is 0 Å². The van der Waals surface area contributed by atoms with E-state index < -0.39 is 32.9 Å². The van der Waals surface area contributed by atoms with E-state index in [0.717, 1.165) is 22.9 Å². The Labute approximate surface area is 147 Å². The zero-order valence-electron chi connectivity index (χ0n) is 14.6. The summed E-state index contributed by atoms with van der Waals surface area (Å²) < 4.78 is 31.6. The molecule has 25 heavy (non-hydrogen) atoms. The molecule has 1 aliphatic rings.